The van der Waals surface area contributed by atoms with E-state index in [9.17, 15) is 5.11 Å². The van der Waals surface area contributed by atoms with E-state index in [1.165, 1.54) is 0 Å². The summed E-state index contributed by atoms with van der Waals surface area (Å²) in [4.78, 5) is 0. The summed E-state index contributed by atoms with van der Waals surface area (Å²) in [5.41, 5.74) is 0.472. The van der Waals surface area contributed by atoms with Crippen molar-refractivity contribution in [2.24, 2.45) is 0 Å². The highest BCUT2D eigenvalue weighted by Crippen LogP contribution is 2.42. The van der Waals surface area contributed by atoms with Crippen molar-refractivity contribution in [3.63, 3.8) is 0 Å². The molecule has 0 saturated carbocycles. The van der Waals surface area contributed by atoms with Gasteiger partial charge in [-0.2, -0.15) is 0 Å². The normalized spacial score (nSPS) is 13.7. The maximum Gasteiger partial charge on any atom is 0.220 e. The quantitative estimate of drug-likeness (QED) is 0.851. The molecule has 0 heterocycles. The van der Waals surface area contributed by atoms with Gasteiger partial charge in [-0.15, -0.1) is 0 Å². The van der Waals surface area contributed by atoms with Crippen LogP contribution in [-0.2, 0) is 0 Å². The van der Waals surface area contributed by atoms with Crippen molar-refractivity contribution in [2.75, 3.05) is 6.61 Å². The average Bonchev–Trinajstić information content (AvgIpc) is 2.17. The SMILES string of the molecule is CCOc1ccccc1C(O)C(Cl)(Cl)Cl. The lowest BCUT2D eigenvalue weighted by molar-refractivity contribution is 0.176. The molecule has 0 bridgehead atoms. The summed E-state index contributed by atoms with van der Waals surface area (Å²) in [7, 11) is 0. The molecule has 0 amide bonds. The first-order valence-corrected chi connectivity index (χ1v) is 5.56. The van der Waals surface area contributed by atoms with E-state index in [4.69, 9.17) is 39.5 Å². The fourth-order valence-electron chi connectivity index (χ4n) is 1.17. The van der Waals surface area contributed by atoms with E-state index in [-0.39, 0.29) is 0 Å². The lowest BCUT2D eigenvalue weighted by Crippen LogP contribution is -2.17. The van der Waals surface area contributed by atoms with Crippen LogP contribution in [-0.4, -0.2) is 15.5 Å². The van der Waals surface area contributed by atoms with Gasteiger partial charge in [0.15, 0.2) is 0 Å². The second-order valence-corrected chi connectivity index (χ2v) is 5.28. The molecule has 2 nitrogen and oxygen atoms in total. The Morgan fingerprint density at radius 2 is 1.93 bits per heavy atom. The van der Waals surface area contributed by atoms with E-state index in [0.29, 0.717) is 17.9 Å². The fourth-order valence-corrected chi connectivity index (χ4v) is 1.52. The first kappa shape index (κ1) is 12.9. The van der Waals surface area contributed by atoms with Gasteiger partial charge in [0.05, 0.1) is 6.61 Å². The van der Waals surface area contributed by atoms with Gasteiger partial charge in [0.1, 0.15) is 11.9 Å². The molecule has 0 radical (unpaired) electrons. The minimum atomic E-state index is -1.76. The van der Waals surface area contributed by atoms with Crippen LogP contribution in [0.1, 0.15) is 18.6 Å². The Hall–Kier alpha value is -0.150. The third-order valence-electron chi connectivity index (χ3n) is 1.82. The zero-order chi connectivity index (χ0) is 11.5. The molecule has 0 aliphatic heterocycles. The highest BCUT2D eigenvalue weighted by atomic mass is 35.6. The summed E-state index contributed by atoms with van der Waals surface area (Å²) < 4.78 is 3.56. The molecule has 0 aromatic heterocycles. The maximum atomic E-state index is 9.79. The van der Waals surface area contributed by atoms with Crippen LogP contribution in [0.5, 0.6) is 5.75 Å². The van der Waals surface area contributed by atoms with Crippen LogP contribution in [0.4, 0.5) is 0 Å². The number of para-hydroxylation sites is 1. The largest absolute Gasteiger partial charge is 0.493 e. The number of halogens is 3. The third kappa shape index (κ3) is 3.42. The Morgan fingerprint density at radius 3 is 2.47 bits per heavy atom. The lowest BCUT2D eigenvalue weighted by atomic mass is 10.1. The molecule has 1 aromatic carbocycles. The van der Waals surface area contributed by atoms with Gasteiger partial charge in [0.2, 0.25) is 3.79 Å². The van der Waals surface area contributed by atoms with Crippen molar-refractivity contribution in [1.82, 2.24) is 0 Å². The van der Waals surface area contributed by atoms with Gasteiger partial charge in [-0.3, -0.25) is 0 Å². The van der Waals surface area contributed by atoms with Crippen LogP contribution in [0.2, 0.25) is 0 Å². The molecule has 0 fully saturated rings. The van der Waals surface area contributed by atoms with E-state index in [2.05, 4.69) is 0 Å². The van der Waals surface area contributed by atoms with Crippen molar-refractivity contribution in [3.8, 4) is 5.75 Å². The molecule has 0 saturated heterocycles. The summed E-state index contributed by atoms with van der Waals surface area (Å²) in [5, 5.41) is 9.79. The molecule has 1 rings (SSSR count). The van der Waals surface area contributed by atoms with Crippen LogP contribution in [0.15, 0.2) is 24.3 Å². The number of rotatable bonds is 3. The Balaban J connectivity index is 3.02. The van der Waals surface area contributed by atoms with E-state index in [1.807, 2.05) is 6.92 Å². The molecule has 84 valence electrons. The number of hydrogen-bond acceptors (Lipinski definition) is 2. The number of aliphatic hydroxyl groups excluding tert-OH is 1. The van der Waals surface area contributed by atoms with Gasteiger partial charge in [-0.1, -0.05) is 53.0 Å². The van der Waals surface area contributed by atoms with Gasteiger partial charge in [0.25, 0.3) is 0 Å². The topological polar surface area (TPSA) is 29.5 Å². The Labute approximate surface area is 104 Å². The van der Waals surface area contributed by atoms with Crippen molar-refractivity contribution in [2.45, 2.75) is 16.8 Å². The second-order valence-electron chi connectivity index (χ2n) is 2.91. The molecule has 0 aliphatic carbocycles. The summed E-state index contributed by atoms with van der Waals surface area (Å²) in [6.45, 7) is 2.34. The van der Waals surface area contributed by atoms with Crippen LogP contribution < -0.4 is 4.74 Å². The molecule has 1 unspecified atom stereocenters. The van der Waals surface area contributed by atoms with Gasteiger partial charge in [0, 0.05) is 5.56 Å². The molecule has 15 heavy (non-hydrogen) atoms. The van der Waals surface area contributed by atoms with Crippen LogP contribution >= 0.6 is 34.8 Å². The number of ether oxygens (including phenoxy) is 1. The minimum absolute atomic E-state index is 0.472. The molecule has 5 heteroatoms. The van der Waals surface area contributed by atoms with Crippen LogP contribution in [0, 0.1) is 0 Å². The first-order chi connectivity index (χ1) is 6.96. The lowest BCUT2D eigenvalue weighted by Gasteiger charge is -2.21. The first-order valence-electron chi connectivity index (χ1n) is 4.43. The molecule has 1 N–H and O–H groups in total. The molecule has 1 atom stereocenters. The number of aliphatic hydroxyl groups is 1. The Morgan fingerprint density at radius 1 is 1.33 bits per heavy atom. The van der Waals surface area contributed by atoms with Crippen LogP contribution in [0.3, 0.4) is 0 Å². The van der Waals surface area contributed by atoms with Crippen molar-refractivity contribution >= 4 is 34.8 Å². The number of alkyl halides is 3. The van der Waals surface area contributed by atoms with Gasteiger partial charge >= 0.3 is 0 Å². The number of hydrogen-bond donors (Lipinski definition) is 1. The van der Waals surface area contributed by atoms with E-state index in [1.54, 1.807) is 24.3 Å². The fraction of sp³-hybridized carbons (Fsp3) is 0.400. The zero-order valence-corrected chi connectivity index (χ0v) is 10.4. The molecular formula is C10H11Cl3O2. The van der Waals surface area contributed by atoms with Crippen molar-refractivity contribution in [3.05, 3.63) is 29.8 Å². The summed E-state index contributed by atoms with van der Waals surface area (Å²) in [6.07, 6.45) is -1.20. The van der Waals surface area contributed by atoms with Crippen molar-refractivity contribution in [1.29, 1.82) is 0 Å². The van der Waals surface area contributed by atoms with Gasteiger partial charge in [-0.05, 0) is 13.0 Å². The summed E-state index contributed by atoms with van der Waals surface area (Å²) >= 11 is 16.8. The maximum absolute atomic E-state index is 9.79. The zero-order valence-electron chi connectivity index (χ0n) is 8.08. The smallest absolute Gasteiger partial charge is 0.220 e. The second kappa shape index (κ2) is 5.26. The molecule has 0 aliphatic rings. The predicted molar refractivity (Wildman–Crippen MR) is 62.9 cm³/mol. The monoisotopic (exact) mass is 268 g/mol. The van der Waals surface area contributed by atoms with Crippen LogP contribution in [0.25, 0.3) is 0 Å². The predicted octanol–water partition coefficient (Wildman–Crippen LogP) is 3.49. The molecular weight excluding hydrogens is 258 g/mol. The van der Waals surface area contributed by atoms with Crippen molar-refractivity contribution < 1.29 is 9.84 Å². The van der Waals surface area contributed by atoms with Gasteiger partial charge < -0.3 is 9.84 Å². The van der Waals surface area contributed by atoms with E-state index in [0.717, 1.165) is 0 Å². The summed E-state index contributed by atoms with van der Waals surface area (Å²) in [5.74, 6) is 0.527. The Kier molecular flexibility index (Phi) is 4.53. The minimum Gasteiger partial charge on any atom is -0.493 e. The highest BCUT2D eigenvalue weighted by Gasteiger charge is 2.33. The molecule has 0 spiro atoms. The average molecular weight is 270 g/mol. The third-order valence-corrected chi connectivity index (χ3v) is 2.44. The van der Waals surface area contributed by atoms with Gasteiger partial charge in [-0.25, -0.2) is 0 Å². The summed E-state index contributed by atoms with van der Waals surface area (Å²) in [6, 6.07) is 6.92. The highest BCUT2D eigenvalue weighted by molar-refractivity contribution is 6.68. The van der Waals surface area contributed by atoms with E-state index >= 15 is 0 Å². The Bertz CT molecular complexity index is 323. The molecule has 1 aromatic rings. The van der Waals surface area contributed by atoms with E-state index < -0.39 is 9.90 Å². The number of benzene rings is 1. The standard InChI is InChI=1S/C10H11Cl3O2/c1-2-15-8-6-4-3-5-7(8)9(14)10(11,12)13/h3-6,9,14H,2H2,1H3.